The van der Waals surface area contributed by atoms with Crippen LogP contribution in [0.4, 0.5) is 11.6 Å². The Labute approximate surface area is 174 Å². The van der Waals surface area contributed by atoms with Gasteiger partial charge < -0.3 is 10.6 Å². The summed E-state index contributed by atoms with van der Waals surface area (Å²) in [6, 6.07) is 16.1. The van der Waals surface area contributed by atoms with Crippen LogP contribution >= 0.6 is 0 Å². The summed E-state index contributed by atoms with van der Waals surface area (Å²) in [5.74, 6) is 1.50. The molecule has 0 saturated heterocycles. The molecule has 5 rings (SSSR count). The molecule has 1 fully saturated rings. The zero-order valence-corrected chi connectivity index (χ0v) is 16.6. The number of aromatic nitrogens is 3. The van der Waals surface area contributed by atoms with Crippen molar-refractivity contribution in [2.75, 3.05) is 17.7 Å². The molecule has 1 aliphatic carbocycles. The van der Waals surface area contributed by atoms with Gasteiger partial charge in [-0.05, 0) is 42.0 Å². The van der Waals surface area contributed by atoms with Crippen molar-refractivity contribution < 1.29 is 4.79 Å². The average molecular weight is 395 g/mol. The molecule has 0 spiro atoms. The number of carbonyl (C=O) groups excluding carboxylic acids is 1. The maximum absolute atomic E-state index is 12.2. The second kappa shape index (κ2) is 7.55. The summed E-state index contributed by atoms with van der Waals surface area (Å²) in [6.07, 6.45) is 7.34. The van der Waals surface area contributed by atoms with Crippen molar-refractivity contribution >= 4 is 28.3 Å². The summed E-state index contributed by atoms with van der Waals surface area (Å²) in [7, 11) is 1.84. The predicted octanol–water partition coefficient (Wildman–Crippen LogP) is 4.75. The molecule has 1 amide bonds. The molecule has 1 aliphatic rings. The number of rotatable bonds is 5. The van der Waals surface area contributed by atoms with E-state index in [-0.39, 0.29) is 11.8 Å². The van der Waals surface area contributed by atoms with E-state index in [9.17, 15) is 4.79 Å². The zero-order chi connectivity index (χ0) is 20.5. The van der Waals surface area contributed by atoms with E-state index < -0.39 is 0 Å². The molecule has 148 valence electrons. The Morgan fingerprint density at radius 1 is 0.933 bits per heavy atom. The lowest BCUT2D eigenvalue weighted by Gasteiger charge is -2.12. The van der Waals surface area contributed by atoms with Crippen LogP contribution in [0.1, 0.15) is 12.8 Å². The zero-order valence-electron chi connectivity index (χ0n) is 16.6. The quantitative estimate of drug-likeness (QED) is 0.510. The predicted molar refractivity (Wildman–Crippen MR) is 119 cm³/mol. The van der Waals surface area contributed by atoms with Gasteiger partial charge >= 0.3 is 0 Å². The van der Waals surface area contributed by atoms with Gasteiger partial charge in [0.15, 0.2) is 0 Å². The van der Waals surface area contributed by atoms with Gasteiger partial charge in [-0.2, -0.15) is 0 Å². The van der Waals surface area contributed by atoms with E-state index in [1.807, 2.05) is 37.5 Å². The van der Waals surface area contributed by atoms with Crippen molar-refractivity contribution in [1.82, 2.24) is 15.0 Å². The lowest BCUT2D eigenvalue weighted by Crippen LogP contribution is -2.14. The Bertz CT molecular complexity index is 1220. The number of nitrogens with zero attached hydrogens (tertiary/aromatic N) is 3. The Hall–Kier alpha value is -3.80. The Kier molecular flexibility index (Phi) is 4.59. The molecule has 30 heavy (non-hydrogen) atoms. The third-order valence-electron chi connectivity index (χ3n) is 5.36. The number of pyridine rings is 3. The summed E-state index contributed by atoms with van der Waals surface area (Å²) >= 11 is 0. The van der Waals surface area contributed by atoms with Crippen molar-refractivity contribution in [2.45, 2.75) is 12.8 Å². The molecule has 0 bridgehead atoms. The van der Waals surface area contributed by atoms with Crippen LogP contribution in [0.25, 0.3) is 33.2 Å². The summed E-state index contributed by atoms with van der Waals surface area (Å²) < 4.78 is 0. The van der Waals surface area contributed by atoms with Gasteiger partial charge in [0.1, 0.15) is 11.6 Å². The van der Waals surface area contributed by atoms with Crippen LogP contribution in [0.3, 0.4) is 0 Å². The standard InChI is InChI=1S/C24H21N5O/c1-25-23-20-14-27-22(29-24(30)17-9-10-17)12-18(20)19(13-28-23)15-5-7-16(8-6-15)21-4-2-3-11-26-21/h2-8,11-14,17H,9-10H2,1H3,(H,25,28)(H,27,29,30). The molecule has 0 radical (unpaired) electrons. The summed E-state index contributed by atoms with van der Waals surface area (Å²) in [5, 5.41) is 7.96. The average Bonchev–Trinajstić information content (AvgIpc) is 3.65. The van der Waals surface area contributed by atoms with E-state index in [0.29, 0.717) is 5.82 Å². The molecule has 4 aromatic rings. The first kappa shape index (κ1) is 18.2. The number of fused-ring (bicyclic) bond motifs is 1. The van der Waals surface area contributed by atoms with Crippen molar-refractivity contribution in [2.24, 2.45) is 5.92 Å². The molecule has 0 atom stereocenters. The van der Waals surface area contributed by atoms with E-state index >= 15 is 0 Å². The van der Waals surface area contributed by atoms with Gasteiger partial charge in [-0.1, -0.05) is 30.3 Å². The molecular formula is C24H21N5O. The highest BCUT2D eigenvalue weighted by Crippen LogP contribution is 2.34. The second-order valence-electron chi connectivity index (χ2n) is 7.44. The number of hydrogen-bond acceptors (Lipinski definition) is 5. The van der Waals surface area contributed by atoms with Crippen LogP contribution in [0.2, 0.25) is 0 Å². The first-order valence-electron chi connectivity index (χ1n) is 10.0. The highest BCUT2D eigenvalue weighted by Gasteiger charge is 2.29. The smallest absolute Gasteiger partial charge is 0.228 e. The number of benzene rings is 1. The minimum atomic E-state index is 0.0472. The molecule has 6 nitrogen and oxygen atoms in total. The molecule has 0 unspecified atom stereocenters. The van der Waals surface area contributed by atoms with Crippen LogP contribution in [0, 0.1) is 5.92 Å². The van der Waals surface area contributed by atoms with Crippen molar-refractivity contribution in [3.8, 4) is 22.4 Å². The lowest BCUT2D eigenvalue weighted by molar-refractivity contribution is -0.117. The van der Waals surface area contributed by atoms with Crippen LogP contribution in [-0.2, 0) is 4.79 Å². The first-order chi connectivity index (χ1) is 14.7. The van der Waals surface area contributed by atoms with Gasteiger partial charge in [0.05, 0.1) is 5.69 Å². The third kappa shape index (κ3) is 3.48. The number of nitrogens with one attached hydrogen (secondary N) is 2. The molecule has 2 N–H and O–H groups in total. The highest BCUT2D eigenvalue weighted by atomic mass is 16.2. The summed E-state index contributed by atoms with van der Waals surface area (Å²) in [5.41, 5.74) is 4.02. The highest BCUT2D eigenvalue weighted by molar-refractivity contribution is 6.04. The van der Waals surface area contributed by atoms with Crippen LogP contribution in [-0.4, -0.2) is 27.9 Å². The van der Waals surface area contributed by atoms with E-state index in [0.717, 1.165) is 51.8 Å². The summed E-state index contributed by atoms with van der Waals surface area (Å²) in [6.45, 7) is 0. The van der Waals surface area contributed by atoms with Gasteiger partial charge in [0, 0.05) is 48.1 Å². The molecule has 3 heterocycles. The fraction of sp³-hybridized carbons (Fsp3) is 0.167. The van der Waals surface area contributed by atoms with Crippen LogP contribution in [0.15, 0.2) is 67.1 Å². The number of anilines is 2. The minimum absolute atomic E-state index is 0.0472. The van der Waals surface area contributed by atoms with Gasteiger partial charge in [-0.3, -0.25) is 9.78 Å². The Balaban J connectivity index is 1.56. The normalized spacial score (nSPS) is 13.2. The maximum Gasteiger partial charge on any atom is 0.228 e. The van der Waals surface area contributed by atoms with E-state index in [2.05, 4.69) is 49.9 Å². The van der Waals surface area contributed by atoms with E-state index in [1.165, 1.54) is 0 Å². The summed E-state index contributed by atoms with van der Waals surface area (Å²) in [4.78, 5) is 25.6. The van der Waals surface area contributed by atoms with Crippen LogP contribution in [0.5, 0.6) is 0 Å². The van der Waals surface area contributed by atoms with Crippen molar-refractivity contribution in [3.05, 3.63) is 67.1 Å². The fourth-order valence-corrected chi connectivity index (χ4v) is 3.56. The molecule has 3 aromatic heterocycles. The van der Waals surface area contributed by atoms with Gasteiger partial charge in [0.2, 0.25) is 5.91 Å². The fourth-order valence-electron chi connectivity index (χ4n) is 3.56. The maximum atomic E-state index is 12.2. The molecule has 1 saturated carbocycles. The molecule has 1 aromatic carbocycles. The molecular weight excluding hydrogens is 374 g/mol. The van der Waals surface area contributed by atoms with E-state index in [4.69, 9.17) is 0 Å². The lowest BCUT2D eigenvalue weighted by atomic mass is 9.99. The SMILES string of the molecule is CNc1ncc(-c2ccc(-c3ccccn3)cc2)c2cc(NC(=O)C3CC3)ncc12. The molecule has 0 aliphatic heterocycles. The Morgan fingerprint density at radius 3 is 2.43 bits per heavy atom. The third-order valence-corrected chi connectivity index (χ3v) is 5.36. The van der Waals surface area contributed by atoms with Crippen molar-refractivity contribution in [3.63, 3.8) is 0 Å². The topological polar surface area (TPSA) is 79.8 Å². The minimum Gasteiger partial charge on any atom is -0.373 e. The van der Waals surface area contributed by atoms with Gasteiger partial charge in [0.25, 0.3) is 0 Å². The number of carbonyl (C=O) groups is 1. The molecule has 6 heteroatoms. The monoisotopic (exact) mass is 395 g/mol. The first-order valence-corrected chi connectivity index (χ1v) is 10.0. The van der Waals surface area contributed by atoms with Crippen LogP contribution < -0.4 is 10.6 Å². The van der Waals surface area contributed by atoms with Gasteiger partial charge in [-0.15, -0.1) is 0 Å². The Morgan fingerprint density at radius 2 is 1.73 bits per heavy atom. The second-order valence-corrected chi connectivity index (χ2v) is 7.44. The number of amides is 1. The van der Waals surface area contributed by atoms with Crippen molar-refractivity contribution in [1.29, 1.82) is 0 Å². The largest absolute Gasteiger partial charge is 0.373 e. The van der Waals surface area contributed by atoms with E-state index in [1.54, 1.807) is 12.4 Å². The number of hydrogen-bond donors (Lipinski definition) is 2. The van der Waals surface area contributed by atoms with Gasteiger partial charge in [-0.25, -0.2) is 9.97 Å².